The highest BCUT2D eigenvalue weighted by Gasteiger charge is 2.51. The average molecular weight is 314 g/mol. The molecular formula is C11H32N5O5+5. The first kappa shape index (κ1) is 18.6. The smallest absolute Gasteiger partial charge is 0.101 e. The molecule has 0 aromatic rings. The molecule has 21 heavy (non-hydrogen) atoms. The predicted molar refractivity (Wildman–Crippen MR) is 70.8 cm³/mol. The van der Waals surface area contributed by atoms with Gasteiger partial charge >= 0.3 is 0 Å². The third-order valence-electron chi connectivity index (χ3n) is 2.28. The predicted octanol–water partition coefficient (Wildman–Crippen LogP) is -0.342. The number of hydrogen-bond donors (Lipinski definition) is 0. The van der Waals surface area contributed by atoms with Gasteiger partial charge in [0.25, 0.3) is 6.73 Å². The first-order valence-electron chi connectivity index (χ1n) is 6.72. The Morgan fingerprint density at radius 2 is 0.810 bits per heavy atom. The van der Waals surface area contributed by atoms with Gasteiger partial charge in [0.15, 0.2) is 0 Å². The van der Waals surface area contributed by atoms with Crippen LogP contribution in [0.25, 0.3) is 0 Å². The van der Waals surface area contributed by atoms with E-state index in [0.29, 0.717) is 0 Å². The van der Waals surface area contributed by atoms with Gasteiger partial charge < -0.3 is 0 Å². The van der Waals surface area contributed by atoms with E-state index in [2.05, 4.69) is 0 Å². The van der Waals surface area contributed by atoms with Crippen LogP contribution in [0.5, 0.6) is 0 Å². The van der Waals surface area contributed by atoms with Gasteiger partial charge in [-0.1, -0.05) is 4.84 Å². The van der Waals surface area contributed by atoms with Crippen LogP contribution in [-0.2, 0) is 24.6 Å². The Morgan fingerprint density at radius 1 is 0.476 bits per heavy atom. The Bertz CT molecular complexity index is 349. The van der Waals surface area contributed by atoms with Crippen molar-refractivity contribution in [2.24, 2.45) is 0 Å². The van der Waals surface area contributed by atoms with E-state index in [9.17, 15) is 0 Å². The Kier molecular flexibility index (Phi) is 4.75. The van der Waals surface area contributed by atoms with Gasteiger partial charge in [0.05, 0.1) is 29.2 Å². The molecule has 1 rings (SSSR count). The molecule has 0 saturated carbocycles. The highest BCUT2D eigenvalue weighted by atomic mass is 17.3. The molecule has 0 aromatic heterocycles. The maximum atomic E-state index is 5.91. The zero-order valence-corrected chi connectivity index (χ0v) is 15.0. The van der Waals surface area contributed by atoms with Crippen LogP contribution in [0.4, 0.5) is 0 Å². The third-order valence-corrected chi connectivity index (χ3v) is 2.28. The number of nitrogens with zero attached hydrogens (tertiary/aromatic N) is 5. The molecule has 10 nitrogen and oxygen atoms in total. The van der Waals surface area contributed by atoms with E-state index in [4.69, 9.17) is 24.6 Å². The van der Waals surface area contributed by atoms with Crippen molar-refractivity contribution in [3.05, 3.63) is 0 Å². The lowest BCUT2D eigenvalue weighted by atomic mass is 10.9. The van der Waals surface area contributed by atoms with Crippen molar-refractivity contribution in [1.82, 2.24) is 0 Å². The summed E-state index contributed by atoms with van der Waals surface area (Å²) in [6.07, 6.45) is 0. The number of hydrogen-bond acceptors (Lipinski definition) is 5. The fraction of sp³-hybridized carbons (Fsp3) is 1.00. The summed E-state index contributed by atoms with van der Waals surface area (Å²) < 4.78 is 0.117. The van der Waals surface area contributed by atoms with Gasteiger partial charge in [-0.2, -0.15) is 0 Å². The van der Waals surface area contributed by atoms with Crippen LogP contribution in [0.1, 0.15) is 0 Å². The largest absolute Gasteiger partial charge is 0.273 e. The van der Waals surface area contributed by atoms with Gasteiger partial charge in [-0.05, 0) is 0 Å². The van der Waals surface area contributed by atoms with Crippen molar-refractivity contribution in [2.75, 3.05) is 77.2 Å². The standard InChI is InChI=1S/C11H32N5O5/c1-12(2)11-17-13(3,4)19-15(7,8)21-16(9,10)20-14(5,6)18-12/h11H2,1-10H3/q+5. The second-order valence-electron chi connectivity index (χ2n) is 7.17. The minimum absolute atomic E-state index is 0.117. The summed E-state index contributed by atoms with van der Waals surface area (Å²) in [5, 5.41) is 0. The lowest BCUT2D eigenvalue weighted by molar-refractivity contribution is -1.58. The van der Waals surface area contributed by atoms with E-state index in [0.717, 1.165) is 0 Å². The van der Waals surface area contributed by atoms with E-state index in [1.165, 1.54) is 0 Å². The summed E-state index contributed by atoms with van der Waals surface area (Å²) in [7, 11) is 17.8. The average Bonchev–Trinajstić information content (AvgIpc) is 2.05. The molecule has 0 N–H and O–H groups in total. The molecule has 1 aliphatic heterocycles. The van der Waals surface area contributed by atoms with E-state index in [-0.39, 0.29) is 30.6 Å². The van der Waals surface area contributed by atoms with Gasteiger partial charge in [-0.15, -0.1) is 4.65 Å². The maximum Gasteiger partial charge on any atom is 0.273 e. The molecule has 0 aliphatic carbocycles. The van der Waals surface area contributed by atoms with Crippen LogP contribution in [0, 0.1) is 0 Å². The van der Waals surface area contributed by atoms with Crippen molar-refractivity contribution in [1.29, 1.82) is 0 Å². The van der Waals surface area contributed by atoms with Gasteiger partial charge in [0.2, 0.25) is 0 Å². The molecule has 0 bridgehead atoms. The van der Waals surface area contributed by atoms with Crippen LogP contribution >= 0.6 is 0 Å². The highest BCUT2D eigenvalue weighted by Crippen LogP contribution is 2.22. The SMILES string of the molecule is C[N+]1(C)CO[N+](C)(C)O[N+](C)(C)O[N+](C)(C)O[N+](C)(C)O1. The Morgan fingerprint density at radius 3 is 1.24 bits per heavy atom. The molecule has 0 amide bonds. The molecule has 1 fully saturated rings. The summed E-state index contributed by atoms with van der Waals surface area (Å²) >= 11 is 0. The van der Waals surface area contributed by atoms with E-state index < -0.39 is 0 Å². The van der Waals surface area contributed by atoms with Gasteiger partial charge in [-0.3, -0.25) is 0 Å². The normalized spacial score (nSPS) is 31.1. The second kappa shape index (κ2) is 5.35. The molecule has 1 saturated heterocycles. The molecule has 10 heteroatoms. The monoisotopic (exact) mass is 314 g/mol. The number of rotatable bonds is 0. The van der Waals surface area contributed by atoms with Crippen molar-refractivity contribution < 1.29 is 48.5 Å². The maximum absolute atomic E-state index is 5.91. The van der Waals surface area contributed by atoms with Crippen molar-refractivity contribution in [2.45, 2.75) is 0 Å². The summed E-state index contributed by atoms with van der Waals surface area (Å²) in [4.78, 5) is 28.4. The van der Waals surface area contributed by atoms with Gasteiger partial charge in [-0.25, -0.2) is 0 Å². The third kappa shape index (κ3) is 6.48. The lowest BCUT2D eigenvalue weighted by Crippen LogP contribution is -2.61. The van der Waals surface area contributed by atoms with E-state index in [1.54, 1.807) is 56.4 Å². The summed E-state index contributed by atoms with van der Waals surface area (Å²) in [5.41, 5.74) is 0. The van der Waals surface area contributed by atoms with Crippen LogP contribution in [0.3, 0.4) is 0 Å². The minimum Gasteiger partial charge on any atom is -0.101 e. The van der Waals surface area contributed by atoms with Crippen molar-refractivity contribution in [3.8, 4) is 0 Å². The van der Waals surface area contributed by atoms with Crippen LogP contribution in [0.15, 0.2) is 0 Å². The van der Waals surface area contributed by atoms with Gasteiger partial charge in [0.1, 0.15) is 70.5 Å². The summed E-state index contributed by atoms with van der Waals surface area (Å²) in [6, 6.07) is 0. The lowest BCUT2D eigenvalue weighted by Gasteiger charge is -2.32. The topological polar surface area (TPSA) is 46.2 Å². The van der Waals surface area contributed by atoms with Crippen molar-refractivity contribution >= 4 is 0 Å². The Balaban J connectivity index is 3.11. The first-order chi connectivity index (χ1) is 9.04. The highest BCUT2D eigenvalue weighted by molar-refractivity contribution is 3.92. The fourth-order valence-electron chi connectivity index (χ4n) is 2.32. The summed E-state index contributed by atoms with van der Waals surface area (Å²) in [6.45, 7) is 0.255. The Hall–Kier alpha value is -0.400. The number of hydroxylamine groups is 19. The van der Waals surface area contributed by atoms with Crippen molar-refractivity contribution in [3.63, 3.8) is 0 Å². The van der Waals surface area contributed by atoms with Gasteiger partial charge in [0, 0.05) is 9.75 Å². The molecule has 126 valence electrons. The molecule has 1 heterocycles. The van der Waals surface area contributed by atoms with E-state index in [1.807, 2.05) is 14.1 Å². The molecular weight excluding hydrogens is 282 g/mol. The Labute approximate surface area is 126 Å². The molecule has 0 radical (unpaired) electrons. The molecule has 0 spiro atoms. The molecule has 0 atom stereocenters. The summed E-state index contributed by atoms with van der Waals surface area (Å²) in [5.74, 6) is 0. The van der Waals surface area contributed by atoms with Crippen LogP contribution in [-0.4, -0.2) is 101 Å². The second-order valence-corrected chi connectivity index (χ2v) is 7.17. The zero-order chi connectivity index (χ0) is 16.7. The fourth-order valence-corrected chi connectivity index (χ4v) is 2.32. The van der Waals surface area contributed by atoms with Crippen LogP contribution in [0.2, 0.25) is 0 Å². The quantitative estimate of drug-likeness (QED) is 0.572. The van der Waals surface area contributed by atoms with Crippen LogP contribution < -0.4 is 0 Å². The molecule has 1 aliphatic rings. The molecule has 0 unspecified atom stereocenters. The minimum atomic E-state index is -0.236. The number of quaternary nitrogens is 5. The zero-order valence-electron chi connectivity index (χ0n) is 15.0. The first-order valence-corrected chi connectivity index (χ1v) is 6.72. The molecule has 0 aromatic carbocycles. The van der Waals surface area contributed by atoms with E-state index >= 15 is 0 Å².